The number of rotatable bonds is 6. The number of benzene rings is 1. The molecular weight excluding hydrogens is 288 g/mol. The van der Waals surface area contributed by atoms with Gasteiger partial charge in [-0.2, -0.15) is 0 Å². The number of likely N-dealkylation sites (tertiary alicyclic amines) is 1. The van der Waals surface area contributed by atoms with Gasteiger partial charge in [-0.3, -0.25) is 9.69 Å². The predicted molar refractivity (Wildman–Crippen MR) is 93.4 cm³/mol. The highest BCUT2D eigenvalue weighted by Gasteiger charge is 2.20. The fourth-order valence-electron chi connectivity index (χ4n) is 2.81. The van der Waals surface area contributed by atoms with Crippen LogP contribution in [0.2, 0.25) is 0 Å². The van der Waals surface area contributed by atoms with Gasteiger partial charge in [0, 0.05) is 24.3 Å². The van der Waals surface area contributed by atoms with Crippen LogP contribution in [-0.4, -0.2) is 41.1 Å². The fraction of sp³-hybridized carbons (Fsp3) is 0.632. The molecule has 1 aromatic rings. The molecule has 1 fully saturated rings. The van der Waals surface area contributed by atoms with Gasteiger partial charge in [-0.05, 0) is 69.8 Å². The first-order chi connectivity index (χ1) is 10.9. The highest BCUT2D eigenvalue weighted by Crippen LogP contribution is 2.18. The maximum absolute atomic E-state index is 12.2. The Labute approximate surface area is 139 Å². The van der Waals surface area contributed by atoms with Crippen LogP contribution in [0.5, 0.6) is 0 Å². The number of aliphatic hydroxyl groups is 1. The van der Waals surface area contributed by atoms with E-state index in [0.29, 0.717) is 18.1 Å². The van der Waals surface area contributed by atoms with Crippen molar-refractivity contribution in [2.75, 3.05) is 19.7 Å². The van der Waals surface area contributed by atoms with Crippen LogP contribution in [0.1, 0.15) is 56.0 Å². The average Bonchev–Trinajstić information content (AvgIpc) is 2.56. The van der Waals surface area contributed by atoms with Crippen LogP contribution >= 0.6 is 0 Å². The van der Waals surface area contributed by atoms with E-state index in [2.05, 4.69) is 17.1 Å². The third-order valence-corrected chi connectivity index (χ3v) is 4.92. The van der Waals surface area contributed by atoms with Crippen molar-refractivity contribution in [3.63, 3.8) is 0 Å². The Hall–Kier alpha value is -1.39. The number of aliphatic hydroxyl groups excluding tert-OH is 1. The van der Waals surface area contributed by atoms with Crippen LogP contribution in [0, 0.1) is 5.92 Å². The Kier molecular flexibility index (Phi) is 6.19. The standard InChI is InChI=1S/C19H30N2O2/c1-4-19(2,3)20-18(23)17-7-5-15(6-8-17)13-21-11-9-16(14-22)10-12-21/h5-8,16,22H,4,9-14H2,1-3H3,(H,20,23). The van der Waals surface area contributed by atoms with Crippen molar-refractivity contribution in [3.05, 3.63) is 35.4 Å². The van der Waals surface area contributed by atoms with Gasteiger partial charge in [0.1, 0.15) is 0 Å². The van der Waals surface area contributed by atoms with E-state index in [-0.39, 0.29) is 11.4 Å². The van der Waals surface area contributed by atoms with E-state index in [1.165, 1.54) is 5.56 Å². The van der Waals surface area contributed by atoms with Crippen molar-refractivity contribution in [2.24, 2.45) is 5.92 Å². The fourth-order valence-corrected chi connectivity index (χ4v) is 2.81. The molecule has 4 heteroatoms. The summed E-state index contributed by atoms with van der Waals surface area (Å²) in [5, 5.41) is 12.3. The Balaban J connectivity index is 1.88. The smallest absolute Gasteiger partial charge is 0.251 e. The van der Waals surface area contributed by atoms with Crippen molar-refractivity contribution in [2.45, 2.75) is 52.1 Å². The molecule has 1 aliphatic heterocycles. The molecule has 1 heterocycles. The Morgan fingerprint density at radius 1 is 1.26 bits per heavy atom. The molecule has 0 aromatic heterocycles. The third kappa shape index (κ3) is 5.33. The summed E-state index contributed by atoms with van der Waals surface area (Å²) in [6.45, 7) is 9.45. The van der Waals surface area contributed by atoms with Gasteiger partial charge in [0.25, 0.3) is 5.91 Å². The van der Waals surface area contributed by atoms with Gasteiger partial charge in [0.15, 0.2) is 0 Å². The molecule has 1 aromatic carbocycles. The van der Waals surface area contributed by atoms with E-state index in [1.54, 1.807) is 0 Å². The van der Waals surface area contributed by atoms with Crippen molar-refractivity contribution in [3.8, 4) is 0 Å². The number of nitrogens with one attached hydrogen (secondary N) is 1. The zero-order valence-corrected chi connectivity index (χ0v) is 14.6. The number of nitrogens with zero attached hydrogens (tertiary/aromatic N) is 1. The van der Waals surface area contributed by atoms with Crippen LogP contribution in [0.15, 0.2) is 24.3 Å². The zero-order chi connectivity index (χ0) is 16.9. The second-order valence-corrected chi connectivity index (χ2v) is 7.29. The average molecular weight is 318 g/mol. The molecule has 1 amide bonds. The zero-order valence-electron chi connectivity index (χ0n) is 14.6. The van der Waals surface area contributed by atoms with Gasteiger partial charge in [-0.1, -0.05) is 19.1 Å². The minimum atomic E-state index is -0.174. The number of amides is 1. The predicted octanol–water partition coefficient (Wildman–Crippen LogP) is 2.81. The van der Waals surface area contributed by atoms with Gasteiger partial charge in [-0.15, -0.1) is 0 Å². The Bertz CT molecular complexity index is 503. The van der Waals surface area contributed by atoms with Crippen LogP contribution in [0.4, 0.5) is 0 Å². The molecule has 0 unspecified atom stereocenters. The van der Waals surface area contributed by atoms with E-state index >= 15 is 0 Å². The number of hydrogen-bond donors (Lipinski definition) is 2. The summed E-state index contributed by atoms with van der Waals surface area (Å²) in [5.41, 5.74) is 1.78. The summed E-state index contributed by atoms with van der Waals surface area (Å²) < 4.78 is 0. The molecule has 0 aliphatic carbocycles. The SMILES string of the molecule is CCC(C)(C)NC(=O)c1ccc(CN2CCC(CO)CC2)cc1. The van der Waals surface area contributed by atoms with E-state index in [0.717, 1.165) is 38.9 Å². The topological polar surface area (TPSA) is 52.6 Å². The second-order valence-electron chi connectivity index (χ2n) is 7.29. The molecule has 0 spiro atoms. The molecule has 23 heavy (non-hydrogen) atoms. The van der Waals surface area contributed by atoms with Gasteiger partial charge in [-0.25, -0.2) is 0 Å². The number of carbonyl (C=O) groups excluding carboxylic acids is 1. The maximum Gasteiger partial charge on any atom is 0.251 e. The molecule has 0 saturated carbocycles. The molecular formula is C19H30N2O2. The molecule has 0 atom stereocenters. The molecule has 4 nitrogen and oxygen atoms in total. The Morgan fingerprint density at radius 3 is 2.39 bits per heavy atom. The van der Waals surface area contributed by atoms with E-state index in [4.69, 9.17) is 0 Å². The van der Waals surface area contributed by atoms with Crippen molar-refractivity contribution in [1.82, 2.24) is 10.2 Å². The van der Waals surface area contributed by atoms with Gasteiger partial charge >= 0.3 is 0 Å². The van der Waals surface area contributed by atoms with Crippen molar-refractivity contribution < 1.29 is 9.90 Å². The molecule has 2 N–H and O–H groups in total. The summed E-state index contributed by atoms with van der Waals surface area (Å²) in [7, 11) is 0. The van der Waals surface area contributed by atoms with Crippen LogP contribution in [-0.2, 0) is 6.54 Å². The minimum absolute atomic E-state index is 0.00726. The highest BCUT2D eigenvalue weighted by molar-refractivity contribution is 5.94. The van der Waals surface area contributed by atoms with E-state index in [1.807, 2.05) is 38.1 Å². The van der Waals surface area contributed by atoms with E-state index < -0.39 is 0 Å². The van der Waals surface area contributed by atoms with E-state index in [9.17, 15) is 9.90 Å². The van der Waals surface area contributed by atoms with Gasteiger partial charge < -0.3 is 10.4 Å². The van der Waals surface area contributed by atoms with Crippen molar-refractivity contribution in [1.29, 1.82) is 0 Å². The Morgan fingerprint density at radius 2 is 1.87 bits per heavy atom. The number of carbonyl (C=O) groups is 1. The quantitative estimate of drug-likeness (QED) is 0.848. The maximum atomic E-state index is 12.2. The van der Waals surface area contributed by atoms with Crippen LogP contribution in [0.25, 0.3) is 0 Å². The summed E-state index contributed by atoms with van der Waals surface area (Å²) in [5.74, 6) is 0.464. The summed E-state index contributed by atoms with van der Waals surface area (Å²) in [6, 6.07) is 7.92. The summed E-state index contributed by atoms with van der Waals surface area (Å²) in [6.07, 6.45) is 3.05. The lowest BCUT2D eigenvalue weighted by atomic mass is 9.97. The first kappa shape index (κ1) is 18.0. The largest absolute Gasteiger partial charge is 0.396 e. The molecule has 1 aliphatic rings. The summed E-state index contributed by atoms with van der Waals surface area (Å²) >= 11 is 0. The summed E-state index contributed by atoms with van der Waals surface area (Å²) in [4.78, 5) is 14.7. The lowest BCUT2D eigenvalue weighted by Crippen LogP contribution is -2.42. The molecule has 128 valence electrons. The molecule has 1 saturated heterocycles. The second kappa shape index (κ2) is 7.93. The van der Waals surface area contributed by atoms with Crippen LogP contribution in [0.3, 0.4) is 0 Å². The lowest BCUT2D eigenvalue weighted by Gasteiger charge is -2.31. The molecule has 2 rings (SSSR count). The first-order valence-corrected chi connectivity index (χ1v) is 8.68. The monoisotopic (exact) mass is 318 g/mol. The first-order valence-electron chi connectivity index (χ1n) is 8.68. The van der Waals surface area contributed by atoms with Crippen LogP contribution < -0.4 is 5.32 Å². The number of piperidine rings is 1. The third-order valence-electron chi connectivity index (χ3n) is 4.92. The lowest BCUT2D eigenvalue weighted by molar-refractivity contribution is 0.0911. The van der Waals surface area contributed by atoms with Crippen molar-refractivity contribution >= 4 is 5.91 Å². The minimum Gasteiger partial charge on any atom is -0.396 e. The van der Waals surface area contributed by atoms with Gasteiger partial charge in [0.2, 0.25) is 0 Å². The number of hydrogen-bond acceptors (Lipinski definition) is 3. The molecule has 0 bridgehead atoms. The normalized spacial score (nSPS) is 17.2. The molecule has 0 radical (unpaired) electrons. The van der Waals surface area contributed by atoms with Gasteiger partial charge in [0.05, 0.1) is 0 Å². The highest BCUT2D eigenvalue weighted by atomic mass is 16.3.